The van der Waals surface area contributed by atoms with Gasteiger partial charge in [0.15, 0.2) is 0 Å². The number of nitro benzene ring substituents is 1. The maximum absolute atomic E-state index is 14.1. The van der Waals surface area contributed by atoms with Crippen LogP contribution < -0.4 is 15.2 Å². The van der Waals surface area contributed by atoms with Gasteiger partial charge in [-0.1, -0.05) is 26.0 Å². The van der Waals surface area contributed by atoms with Crippen molar-refractivity contribution in [1.29, 1.82) is 0 Å². The molecule has 5 rings (SSSR count). The van der Waals surface area contributed by atoms with E-state index < -0.39 is 49.9 Å². The van der Waals surface area contributed by atoms with Gasteiger partial charge in [0.1, 0.15) is 17.3 Å². The second-order valence-electron chi connectivity index (χ2n) is 12.0. The van der Waals surface area contributed by atoms with Crippen molar-refractivity contribution in [3.05, 3.63) is 86.3 Å². The Morgan fingerprint density at radius 2 is 1.79 bits per heavy atom. The Hall–Kier alpha value is -4.44. The van der Waals surface area contributed by atoms with E-state index in [-0.39, 0.29) is 73.0 Å². The van der Waals surface area contributed by atoms with Gasteiger partial charge in [0.2, 0.25) is 15.8 Å². The summed E-state index contributed by atoms with van der Waals surface area (Å²) in [6, 6.07) is 8.03. The standard InChI is InChI=1S/C31H35F2N5O8S/c1-20(2)18-45-31(40)22-6-7-27(13-22)46-29-28(17-34-37(30(29)39)26-15-23(32)14-24(33)16-26)35-8-10-36(11-9-35)47(43,44)19-21-4-3-5-25(12-21)38(41)42/h3-5,12,14-17,20,22,27H,6-11,13,18-19H2,1-2H3/t22?,27-/m1/s1. The summed E-state index contributed by atoms with van der Waals surface area (Å²) in [4.78, 5) is 38.7. The quantitative estimate of drug-likeness (QED) is 0.167. The van der Waals surface area contributed by atoms with Gasteiger partial charge >= 0.3 is 11.5 Å². The van der Waals surface area contributed by atoms with Gasteiger partial charge < -0.3 is 14.4 Å². The van der Waals surface area contributed by atoms with Crippen LogP contribution in [0.2, 0.25) is 0 Å². The Morgan fingerprint density at radius 1 is 1.09 bits per heavy atom. The van der Waals surface area contributed by atoms with E-state index in [0.29, 0.717) is 25.3 Å². The van der Waals surface area contributed by atoms with Crippen LogP contribution in [-0.4, -0.2) is 72.3 Å². The highest BCUT2D eigenvalue weighted by Gasteiger charge is 2.35. The molecule has 1 saturated carbocycles. The summed E-state index contributed by atoms with van der Waals surface area (Å²) in [6.07, 6.45) is 2.05. The molecule has 2 fully saturated rings. The Bertz CT molecular complexity index is 1790. The van der Waals surface area contributed by atoms with Crippen LogP contribution in [0, 0.1) is 33.6 Å². The number of aromatic nitrogens is 2. The van der Waals surface area contributed by atoms with Crippen molar-refractivity contribution in [3.8, 4) is 11.4 Å². The minimum Gasteiger partial charge on any atom is -0.483 e. The van der Waals surface area contributed by atoms with Gasteiger partial charge in [-0.2, -0.15) is 14.1 Å². The fraction of sp³-hybridized carbons (Fsp3) is 0.452. The molecule has 0 bridgehead atoms. The summed E-state index contributed by atoms with van der Waals surface area (Å²) in [5, 5.41) is 15.3. The SMILES string of the molecule is CC(C)COC(=O)C1CC[C@@H](Oc2c(N3CCN(S(=O)(=O)Cc4cccc([N+](=O)[O-])c4)CC3)cnn(-c3cc(F)cc(F)c3)c2=O)C1. The summed E-state index contributed by atoms with van der Waals surface area (Å²) in [6.45, 7) is 4.54. The number of benzene rings is 2. The molecule has 2 aromatic carbocycles. The molecule has 1 aliphatic heterocycles. The van der Waals surface area contributed by atoms with Crippen LogP contribution in [0.25, 0.3) is 5.69 Å². The monoisotopic (exact) mass is 675 g/mol. The Kier molecular flexibility index (Phi) is 10.2. The van der Waals surface area contributed by atoms with Gasteiger partial charge in [0.25, 0.3) is 5.69 Å². The lowest BCUT2D eigenvalue weighted by atomic mass is 10.1. The molecule has 47 heavy (non-hydrogen) atoms. The Labute approximate surface area is 269 Å². The number of hydrogen-bond donors (Lipinski definition) is 0. The zero-order valence-electron chi connectivity index (χ0n) is 25.9. The third-order valence-electron chi connectivity index (χ3n) is 8.01. The fourth-order valence-electron chi connectivity index (χ4n) is 5.67. The van der Waals surface area contributed by atoms with Gasteiger partial charge in [0, 0.05) is 44.4 Å². The van der Waals surface area contributed by atoms with Crippen LogP contribution in [0.5, 0.6) is 5.75 Å². The molecule has 16 heteroatoms. The predicted molar refractivity (Wildman–Crippen MR) is 167 cm³/mol. The molecule has 0 spiro atoms. The Morgan fingerprint density at radius 3 is 2.45 bits per heavy atom. The molecule has 0 amide bonds. The average molecular weight is 676 g/mol. The minimum absolute atomic E-state index is 0.0437. The molecule has 1 saturated heterocycles. The van der Waals surface area contributed by atoms with Gasteiger partial charge in [-0.3, -0.25) is 19.7 Å². The molecule has 13 nitrogen and oxygen atoms in total. The second-order valence-corrected chi connectivity index (χ2v) is 14.0. The second kappa shape index (κ2) is 14.1. The lowest BCUT2D eigenvalue weighted by molar-refractivity contribution is -0.384. The molecule has 2 aliphatic rings. The van der Waals surface area contributed by atoms with Crippen molar-refractivity contribution >= 4 is 27.4 Å². The van der Waals surface area contributed by atoms with Crippen LogP contribution in [-0.2, 0) is 25.3 Å². The number of carbonyl (C=O) groups is 1. The van der Waals surface area contributed by atoms with E-state index in [9.17, 15) is 36.9 Å². The highest BCUT2D eigenvalue weighted by atomic mass is 32.2. The van der Waals surface area contributed by atoms with E-state index in [2.05, 4.69) is 5.10 Å². The van der Waals surface area contributed by atoms with Crippen LogP contribution in [0.3, 0.4) is 0 Å². The van der Waals surface area contributed by atoms with Crippen molar-refractivity contribution in [2.75, 3.05) is 37.7 Å². The number of sulfonamides is 1. The van der Waals surface area contributed by atoms with Gasteiger partial charge in [-0.15, -0.1) is 0 Å². The highest BCUT2D eigenvalue weighted by Crippen LogP contribution is 2.34. The zero-order valence-corrected chi connectivity index (χ0v) is 26.7. The van der Waals surface area contributed by atoms with E-state index in [4.69, 9.17) is 9.47 Å². The summed E-state index contributed by atoms with van der Waals surface area (Å²) in [5.41, 5.74) is -0.590. The van der Waals surface area contributed by atoms with Crippen molar-refractivity contribution in [2.45, 2.75) is 45.0 Å². The number of nitrogens with zero attached hydrogens (tertiary/aromatic N) is 5. The molecule has 0 radical (unpaired) electrons. The van der Waals surface area contributed by atoms with Crippen molar-refractivity contribution in [3.63, 3.8) is 0 Å². The van der Waals surface area contributed by atoms with Gasteiger partial charge in [-0.25, -0.2) is 17.2 Å². The van der Waals surface area contributed by atoms with Gasteiger partial charge in [0.05, 0.1) is 41.2 Å². The zero-order chi connectivity index (χ0) is 33.9. The normalized spacial score (nSPS) is 18.8. The van der Waals surface area contributed by atoms with Crippen molar-refractivity contribution in [2.24, 2.45) is 11.8 Å². The predicted octanol–water partition coefficient (Wildman–Crippen LogP) is 3.82. The average Bonchev–Trinajstić information content (AvgIpc) is 3.49. The number of nitro groups is 1. The third-order valence-corrected chi connectivity index (χ3v) is 9.86. The largest absolute Gasteiger partial charge is 0.483 e. The molecule has 0 N–H and O–H groups in total. The Balaban J connectivity index is 1.37. The van der Waals surface area contributed by atoms with Crippen molar-refractivity contribution in [1.82, 2.24) is 14.1 Å². The topological polar surface area (TPSA) is 154 Å². The number of carbonyl (C=O) groups excluding carboxylic acids is 1. The van der Waals surface area contributed by atoms with E-state index in [1.807, 2.05) is 13.8 Å². The number of ether oxygens (including phenoxy) is 2. The van der Waals surface area contributed by atoms with Crippen molar-refractivity contribution < 1.29 is 36.4 Å². The first-order valence-corrected chi connectivity index (χ1v) is 16.8. The summed E-state index contributed by atoms with van der Waals surface area (Å²) in [5.74, 6) is -2.94. The van der Waals surface area contributed by atoms with Crippen LogP contribution in [0.15, 0.2) is 53.5 Å². The first kappa shape index (κ1) is 33.9. The van der Waals surface area contributed by atoms with Crippen LogP contribution >= 0.6 is 0 Å². The molecule has 252 valence electrons. The molecule has 1 unspecified atom stereocenters. The van der Waals surface area contributed by atoms with Crippen LogP contribution in [0.4, 0.5) is 20.2 Å². The molecule has 2 heterocycles. The van der Waals surface area contributed by atoms with E-state index in [0.717, 1.165) is 16.8 Å². The third kappa shape index (κ3) is 8.11. The van der Waals surface area contributed by atoms with E-state index >= 15 is 0 Å². The fourth-order valence-corrected chi connectivity index (χ4v) is 7.18. The summed E-state index contributed by atoms with van der Waals surface area (Å²) < 4.78 is 68.2. The first-order chi connectivity index (χ1) is 22.3. The maximum Gasteiger partial charge on any atom is 0.316 e. The van der Waals surface area contributed by atoms with E-state index in [1.54, 1.807) is 4.90 Å². The summed E-state index contributed by atoms with van der Waals surface area (Å²) >= 11 is 0. The molecule has 2 atom stereocenters. The molecular formula is C31H35F2N5O8S. The minimum atomic E-state index is -3.84. The number of esters is 1. The summed E-state index contributed by atoms with van der Waals surface area (Å²) in [7, 11) is -3.84. The number of non-ortho nitro benzene ring substituents is 1. The maximum atomic E-state index is 14.1. The smallest absolute Gasteiger partial charge is 0.316 e. The lowest BCUT2D eigenvalue weighted by Crippen LogP contribution is -2.49. The van der Waals surface area contributed by atoms with Gasteiger partial charge in [-0.05, 0) is 42.9 Å². The first-order valence-electron chi connectivity index (χ1n) is 15.2. The van der Waals surface area contributed by atoms with Crippen LogP contribution in [0.1, 0.15) is 38.7 Å². The molecule has 1 aliphatic carbocycles. The van der Waals surface area contributed by atoms with E-state index in [1.165, 1.54) is 34.8 Å². The highest BCUT2D eigenvalue weighted by molar-refractivity contribution is 7.88. The number of hydrogen-bond acceptors (Lipinski definition) is 10. The number of anilines is 1. The number of rotatable bonds is 11. The number of piperazine rings is 1. The molecule has 3 aromatic rings. The number of halogens is 2. The lowest BCUT2D eigenvalue weighted by Gasteiger charge is -2.36. The molecular weight excluding hydrogens is 640 g/mol. The molecule has 1 aromatic heterocycles.